The second kappa shape index (κ2) is 6.80. The van der Waals surface area contributed by atoms with Crippen molar-refractivity contribution >= 4 is 21.6 Å². The van der Waals surface area contributed by atoms with Crippen molar-refractivity contribution in [1.29, 1.82) is 0 Å². The third-order valence-corrected chi connectivity index (χ3v) is 4.05. The van der Waals surface area contributed by atoms with Gasteiger partial charge in [-0.25, -0.2) is 0 Å². The Morgan fingerprint density at radius 2 is 1.85 bits per heavy atom. The van der Waals surface area contributed by atoms with Crippen molar-refractivity contribution in [1.82, 2.24) is 0 Å². The van der Waals surface area contributed by atoms with E-state index in [1.54, 1.807) is 0 Å². The molecule has 1 N–H and O–H groups in total. The van der Waals surface area contributed by atoms with Crippen LogP contribution >= 0.6 is 15.9 Å². The molecule has 106 valence electrons. The number of halogens is 1. The second-order valence-electron chi connectivity index (χ2n) is 5.06. The van der Waals surface area contributed by atoms with Gasteiger partial charge in [0.05, 0.1) is 6.10 Å². The van der Waals surface area contributed by atoms with Crippen LogP contribution in [0, 0.1) is 6.92 Å². The number of ether oxygens (including phenoxy) is 1. The Morgan fingerprint density at radius 3 is 2.60 bits per heavy atom. The van der Waals surface area contributed by atoms with Crippen molar-refractivity contribution in [2.24, 2.45) is 0 Å². The number of hydrogen-bond acceptors (Lipinski definition) is 2. The molecule has 0 spiro atoms. The molecule has 0 aliphatic carbocycles. The molecule has 0 aliphatic rings. The van der Waals surface area contributed by atoms with Crippen molar-refractivity contribution in [3.05, 3.63) is 58.1 Å². The van der Waals surface area contributed by atoms with Crippen LogP contribution in [0.25, 0.3) is 0 Å². The first-order chi connectivity index (χ1) is 9.58. The Kier molecular flexibility index (Phi) is 5.07. The summed E-state index contributed by atoms with van der Waals surface area (Å²) in [5.41, 5.74) is 3.49. The number of rotatable bonds is 5. The Morgan fingerprint density at radius 1 is 1.10 bits per heavy atom. The quantitative estimate of drug-likeness (QED) is 0.816. The average molecular weight is 334 g/mol. The van der Waals surface area contributed by atoms with Gasteiger partial charge in [-0.15, -0.1) is 0 Å². The summed E-state index contributed by atoms with van der Waals surface area (Å²) in [5, 5.41) is 3.46. The molecular weight excluding hydrogens is 314 g/mol. The third-order valence-electron chi connectivity index (χ3n) is 3.00. The minimum atomic E-state index is 0.182. The van der Waals surface area contributed by atoms with Crippen LogP contribution in [0.5, 0.6) is 5.75 Å². The van der Waals surface area contributed by atoms with Crippen LogP contribution in [0.1, 0.15) is 25.0 Å². The highest BCUT2D eigenvalue weighted by Crippen LogP contribution is 2.27. The maximum Gasteiger partial charge on any atom is 0.124 e. The van der Waals surface area contributed by atoms with Crippen LogP contribution in [0.3, 0.4) is 0 Å². The molecule has 0 unspecified atom stereocenters. The summed E-state index contributed by atoms with van der Waals surface area (Å²) in [4.78, 5) is 0. The predicted octanol–water partition coefficient (Wildman–Crippen LogP) is 5.16. The Bertz CT molecular complexity index is 581. The van der Waals surface area contributed by atoms with Crippen LogP contribution in [-0.4, -0.2) is 6.10 Å². The van der Waals surface area contributed by atoms with Gasteiger partial charge in [-0.05, 0) is 54.4 Å². The molecule has 20 heavy (non-hydrogen) atoms. The summed E-state index contributed by atoms with van der Waals surface area (Å²) in [7, 11) is 0. The summed E-state index contributed by atoms with van der Waals surface area (Å²) in [5.74, 6) is 0.943. The third kappa shape index (κ3) is 3.76. The van der Waals surface area contributed by atoms with Crippen molar-refractivity contribution in [3.63, 3.8) is 0 Å². The molecule has 2 nitrogen and oxygen atoms in total. The van der Waals surface area contributed by atoms with E-state index in [0.717, 1.165) is 28.0 Å². The van der Waals surface area contributed by atoms with Crippen LogP contribution < -0.4 is 10.1 Å². The van der Waals surface area contributed by atoms with E-state index in [2.05, 4.69) is 52.4 Å². The van der Waals surface area contributed by atoms with Crippen molar-refractivity contribution < 1.29 is 4.74 Å². The van der Waals surface area contributed by atoms with Gasteiger partial charge in [0.25, 0.3) is 0 Å². The zero-order chi connectivity index (χ0) is 14.5. The van der Waals surface area contributed by atoms with E-state index >= 15 is 0 Å². The highest BCUT2D eigenvalue weighted by molar-refractivity contribution is 9.10. The van der Waals surface area contributed by atoms with Gasteiger partial charge in [-0.2, -0.15) is 0 Å². The fourth-order valence-corrected chi connectivity index (χ4v) is 2.40. The van der Waals surface area contributed by atoms with E-state index < -0.39 is 0 Å². The average Bonchev–Trinajstić information content (AvgIpc) is 2.41. The van der Waals surface area contributed by atoms with Gasteiger partial charge in [0, 0.05) is 22.3 Å². The van der Waals surface area contributed by atoms with Crippen LogP contribution in [0.15, 0.2) is 46.9 Å². The van der Waals surface area contributed by atoms with Crippen LogP contribution in [0.2, 0.25) is 0 Å². The summed E-state index contributed by atoms with van der Waals surface area (Å²) in [6.45, 7) is 6.92. The lowest BCUT2D eigenvalue weighted by molar-refractivity contribution is 0.240. The van der Waals surface area contributed by atoms with Gasteiger partial charge in [0.2, 0.25) is 0 Å². The number of para-hydroxylation sites is 1. The minimum Gasteiger partial charge on any atom is -0.491 e. The molecule has 3 heteroatoms. The fraction of sp³-hybridized carbons (Fsp3) is 0.294. The maximum absolute atomic E-state index is 5.84. The molecule has 0 radical (unpaired) electrons. The molecule has 2 aromatic carbocycles. The van der Waals surface area contributed by atoms with Gasteiger partial charge in [0.1, 0.15) is 5.75 Å². The molecule has 0 fully saturated rings. The summed E-state index contributed by atoms with van der Waals surface area (Å²) in [6, 6.07) is 14.4. The van der Waals surface area contributed by atoms with Crippen molar-refractivity contribution in [3.8, 4) is 5.75 Å². The lowest BCUT2D eigenvalue weighted by atomic mass is 10.1. The molecule has 0 saturated heterocycles. The SMILES string of the molecule is Cc1cccc(NCc2ccccc2OC(C)C)c1Br. The Labute approximate surface area is 129 Å². The standard InChI is InChI=1S/C17H20BrNO/c1-12(2)20-16-10-5-4-8-14(16)11-19-15-9-6-7-13(3)17(15)18/h4-10,12,19H,11H2,1-3H3. The molecule has 0 bridgehead atoms. The van der Waals surface area contributed by atoms with Gasteiger partial charge in [0.15, 0.2) is 0 Å². The highest BCUT2D eigenvalue weighted by Gasteiger charge is 2.06. The number of anilines is 1. The largest absolute Gasteiger partial charge is 0.491 e. The van der Waals surface area contributed by atoms with Gasteiger partial charge >= 0.3 is 0 Å². The van der Waals surface area contributed by atoms with E-state index in [1.807, 2.05) is 32.0 Å². The number of nitrogens with one attached hydrogen (secondary N) is 1. The first-order valence-corrected chi connectivity index (χ1v) is 7.60. The van der Waals surface area contributed by atoms with Gasteiger partial charge in [-0.3, -0.25) is 0 Å². The first-order valence-electron chi connectivity index (χ1n) is 6.81. The predicted molar refractivity (Wildman–Crippen MR) is 88.4 cm³/mol. The van der Waals surface area contributed by atoms with E-state index in [-0.39, 0.29) is 6.10 Å². The molecule has 0 atom stereocenters. The van der Waals surface area contributed by atoms with Gasteiger partial charge in [-0.1, -0.05) is 30.3 Å². The lowest BCUT2D eigenvalue weighted by Crippen LogP contribution is -2.09. The lowest BCUT2D eigenvalue weighted by Gasteiger charge is -2.16. The van der Waals surface area contributed by atoms with E-state index in [0.29, 0.717) is 0 Å². The summed E-state index contributed by atoms with van der Waals surface area (Å²) < 4.78 is 6.95. The van der Waals surface area contributed by atoms with Crippen LogP contribution in [0.4, 0.5) is 5.69 Å². The Hall–Kier alpha value is -1.48. The van der Waals surface area contributed by atoms with E-state index in [4.69, 9.17) is 4.74 Å². The summed E-state index contributed by atoms with van der Waals surface area (Å²) in [6.07, 6.45) is 0.182. The van der Waals surface area contributed by atoms with E-state index in [9.17, 15) is 0 Å². The molecule has 0 saturated carbocycles. The molecule has 0 aromatic heterocycles. The van der Waals surface area contributed by atoms with Crippen molar-refractivity contribution in [2.75, 3.05) is 5.32 Å². The summed E-state index contributed by atoms with van der Waals surface area (Å²) >= 11 is 3.62. The number of hydrogen-bond donors (Lipinski definition) is 1. The molecule has 2 aromatic rings. The molecule has 2 rings (SSSR count). The number of aryl methyl sites for hydroxylation is 1. The first kappa shape index (κ1) is 14.9. The normalized spacial score (nSPS) is 10.7. The zero-order valence-electron chi connectivity index (χ0n) is 12.1. The highest BCUT2D eigenvalue weighted by atomic mass is 79.9. The fourth-order valence-electron chi connectivity index (χ4n) is 1.99. The maximum atomic E-state index is 5.84. The van der Waals surface area contributed by atoms with E-state index in [1.165, 1.54) is 5.56 Å². The number of benzene rings is 2. The topological polar surface area (TPSA) is 21.3 Å². The second-order valence-corrected chi connectivity index (χ2v) is 5.86. The molecule has 0 heterocycles. The molecule has 0 aliphatic heterocycles. The Balaban J connectivity index is 2.13. The molecular formula is C17H20BrNO. The minimum absolute atomic E-state index is 0.182. The molecule has 0 amide bonds. The van der Waals surface area contributed by atoms with Crippen molar-refractivity contribution in [2.45, 2.75) is 33.4 Å². The van der Waals surface area contributed by atoms with Gasteiger partial charge < -0.3 is 10.1 Å². The smallest absolute Gasteiger partial charge is 0.124 e. The zero-order valence-corrected chi connectivity index (χ0v) is 13.7. The van der Waals surface area contributed by atoms with Crippen LogP contribution in [-0.2, 0) is 6.54 Å². The monoisotopic (exact) mass is 333 g/mol.